The monoisotopic (exact) mass is 348 g/mol. The van der Waals surface area contributed by atoms with Gasteiger partial charge in [-0.25, -0.2) is 4.98 Å². The number of rotatable bonds is 3. The number of nitrogens with zero attached hydrogens (tertiary/aromatic N) is 2. The van der Waals surface area contributed by atoms with Crippen molar-refractivity contribution in [3.63, 3.8) is 0 Å². The number of carbonyl (C=O) groups is 1. The first kappa shape index (κ1) is 16.8. The van der Waals surface area contributed by atoms with Crippen molar-refractivity contribution >= 4 is 17.0 Å². The molecular weight excluding hydrogens is 324 g/mol. The molecule has 1 aromatic heterocycles. The molecule has 4 heteroatoms. The lowest BCUT2D eigenvalue weighted by Crippen LogP contribution is -2.38. The van der Waals surface area contributed by atoms with Crippen LogP contribution < -0.4 is 0 Å². The molecule has 2 aromatic carbocycles. The van der Waals surface area contributed by atoms with Crippen LogP contribution in [0.4, 0.5) is 0 Å². The van der Waals surface area contributed by atoms with Crippen molar-refractivity contribution < 1.29 is 9.21 Å². The molecule has 1 fully saturated rings. The van der Waals surface area contributed by atoms with E-state index in [-0.39, 0.29) is 5.91 Å². The van der Waals surface area contributed by atoms with Crippen LogP contribution in [0.3, 0.4) is 0 Å². The number of amides is 1. The van der Waals surface area contributed by atoms with Crippen LogP contribution in [0.5, 0.6) is 0 Å². The molecule has 134 valence electrons. The minimum atomic E-state index is 0.212. The van der Waals surface area contributed by atoms with Crippen molar-refractivity contribution in [1.29, 1.82) is 0 Å². The summed E-state index contributed by atoms with van der Waals surface area (Å²) in [5.41, 5.74) is 5.36. The third-order valence-corrected chi connectivity index (χ3v) is 5.43. The van der Waals surface area contributed by atoms with E-state index in [1.54, 1.807) is 0 Å². The molecule has 0 bridgehead atoms. The number of aromatic nitrogens is 1. The summed E-state index contributed by atoms with van der Waals surface area (Å²) in [6.45, 7) is 5.73. The zero-order valence-electron chi connectivity index (χ0n) is 15.4. The second-order valence-electron chi connectivity index (χ2n) is 7.27. The Morgan fingerprint density at radius 3 is 2.62 bits per heavy atom. The summed E-state index contributed by atoms with van der Waals surface area (Å²) < 4.78 is 5.91. The Balaban J connectivity index is 1.38. The van der Waals surface area contributed by atoms with Gasteiger partial charge in [-0.1, -0.05) is 30.3 Å². The van der Waals surface area contributed by atoms with E-state index >= 15 is 0 Å². The number of aryl methyl sites for hydroxylation is 2. The van der Waals surface area contributed by atoms with E-state index in [0.717, 1.165) is 48.5 Å². The summed E-state index contributed by atoms with van der Waals surface area (Å²) in [5.74, 6) is 1.32. The normalized spacial score (nSPS) is 15.5. The van der Waals surface area contributed by atoms with E-state index in [9.17, 15) is 4.79 Å². The topological polar surface area (TPSA) is 46.3 Å². The lowest BCUT2D eigenvalue weighted by molar-refractivity contribution is -0.131. The fourth-order valence-corrected chi connectivity index (χ4v) is 3.64. The summed E-state index contributed by atoms with van der Waals surface area (Å²) in [6.07, 6.45) is 2.30. The first-order chi connectivity index (χ1) is 12.6. The molecule has 4 nitrogen and oxygen atoms in total. The van der Waals surface area contributed by atoms with Gasteiger partial charge < -0.3 is 9.32 Å². The van der Waals surface area contributed by atoms with Gasteiger partial charge in [0.05, 0.1) is 6.42 Å². The van der Waals surface area contributed by atoms with E-state index in [4.69, 9.17) is 4.42 Å². The van der Waals surface area contributed by atoms with Crippen molar-refractivity contribution in [2.24, 2.45) is 0 Å². The van der Waals surface area contributed by atoms with Gasteiger partial charge in [-0.3, -0.25) is 4.79 Å². The number of carbonyl (C=O) groups excluding carboxylic acids is 1. The molecule has 1 saturated heterocycles. The molecule has 0 aliphatic carbocycles. The van der Waals surface area contributed by atoms with Crippen molar-refractivity contribution in [2.75, 3.05) is 13.1 Å². The van der Waals surface area contributed by atoms with Gasteiger partial charge in [-0.2, -0.15) is 0 Å². The van der Waals surface area contributed by atoms with Gasteiger partial charge in [0.25, 0.3) is 0 Å². The third-order valence-electron chi connectivity index (χ3n) is 5.43. The summed E-state index contributed by atoms with van der Waals surface area (Å²) >= 11 is 0. The van der Waals surface area contributed by atoms with Crippen LogP contribution in [0, 0.1) is 13.8 Å². The number of fused-ring (bicyclic) bond motifs is 1. The van der Waals surface area contributed by atoms with Crippen molar-refractivity contribution in [1.82, 2.24) is 9.88 Å². The zero-order valence-corrected chi connectivity index (χ0v) is 15.4. The highest BCUT2D eigenvalue weighted by Crippen LogP contribution is 2.30. The highest BCUT2D eigenvalue weighted by Gasteiger charge is 2.27. The molecule has 0 N–H and O–H groups in total. The standard InChI is InChI=1S/C22H24N2O2/c1-15-7-8-17(13-16(15)2)14-21(25)24-11-9-18(10-12-24)22-23-19-5-3-4-6-20(19)26-22/h3-8,13,18H,9-12,14H2,1-2H3. The average molecular weight is 348 g/mol. The summed E-state index contributed by atoms with van der Waals surface area (Å²) in [4.78, 5) is 19.2. The Hall–Kier alpha value is -2.62. The van der Waals surface area contributed by atoms with Gasteiger partial charge in [-0.05, 0) is 55.5 Å². The number of hydrogen-bond acceptors (Lipinski definition) is 3. The summed E-state index contributed by atoms with van der Waals surface area (Å²) in [5, 5.41) is 0. The first-order valence-corrected chi connectivity index (χ1v) is 9.29. The predicted molar refractivity (Wildman–Crippen MR) is 102 cm³/mol. The number of piperidine rings is 1. The molecule has 1 aliphatic rings. The van der Waals surface area contributed by atoms with Crippen LogP contribution in [-0.4, -0.2) is 28.9 Å². The lowest BCUT2D eigenvalue weighted by atomic mass is 9.96. The van der Waals surface area contributed by atoms with E-state index in [1.807, 2.05) is 29.2 Å². The van der Waals surface area contributed by atoms with Crippen molar-refractivity contribution in [2.45, 2.75) is 39.0 Å². The lowest BCUT2D eigenvalue weighted by Gasteiger charge is -2.30. The molecule has 0 saturated carbocycles. The zero-order chi connectivity index (χ0) is 18.1. The highest BCUT2D eigenvalue weighted by atomic mass is 16.3. The molecule has 26 heavy (non-hydrogen) atoms. The van der Waals surface area contributed by atoms with E-state index < -0.39 is 0 Å². The fourth-order valence-electron chi connectivity index (χ4n) is 3.64. The molecule has 0 unspecified atom stereocenters. The molecule has 1 amide bonds. The average Bonchev–Trinajstić information content (AvgIpc) is 3.09. The summed E-state index contributed by atoms with van der Waals surface area (Å²) in [6, 6.07) is 14.1. The summed E-state index contributed by atoms with van der Waals surface area (Å²) in [7, 11) is 0. The van der Waals surface area contributed by atoms with E-state index in [0.29, 0.717) is 12.3 Å². The van der Waals surface area contributed by atoms with Gasteiger partial charge in [0.2, 0.25) is 5.91 Å². The van der Waals surface area contributed by atoms with Gasteiger partial charge in [0, 0.05) is 19.0 Å². The van der Waals surface area contributed by atoms with Gasteiger partial charge >= 0.3 is 0 Å². The second kappa shape index (κ2) is 6.94. The van der Waals surface area contributed by atoms with Gasteiger partial charge in [0.1, 0.15) is 5.52 Å². The first-order valence-electron chi connectivity index (χ1n) is 9.29. The van der Waals surface area contributed by atoms with E-state index in [1.165, 1.54) is 11.1 Å². The predicted octanol–water partition coefficient (Wildman–Crippen LogP) is 4.39. The molecular formula is C22H24N2O2. The Bertz CT molecular complexity index is 903. The molecule has 0 radical (unpaired) electrons. The van der Waals surface area contributed by atoms with Crippen molar-refractivity contribution in [3.8, 4) is 0 Å². The number of benzene rings is 2. The van der Waals surface area contributed by atoms with Crippen LogP contribution in [-0.2, 0) is 11.2 Å². The maximum absolute atomic E-state index is 12.6. The Morgan fingerprint density at radius 2 is 1.88 bits per heavy atom. The van der Waals surface area contributed by atoms with E-state index in [2.05, 4.69) is 37.0 Å². The minimum Gasteiger partial charge on any atom is -0.440 e. The smallest absolute Gasteiger partial charge is 0.226 e. The van der Waals surface area contributed by atoms with Gasteiger partial charge in [-0.15, -0.1) is 0 Å². The second-order valence-corrected chi connectivity index (χ2v) is 7.27. The molecule has 0 atom stereocenters. The number of oxazole rings is 1. The Morgan fingerprint density at radius 1 is 1.12 bits per heavy atom. The molecule has 1 aliphatic heterocycles. The number of likely N-dealkylation sites (tertiary alicyclic amines) is 1. The van der Waals surface area contributed by atoms with Crippen LogP contribution >= 0.6 is 0 Å². The third kappa shape index (κ3) is 3.36. The highest BCUT2D eigenvalue weighted by molar-refractivity contribution is 5.79. The molecule has 2 heterocycles. The van der Waals surface area contributed by atoms with Crippen LogP contribution in [0.2, 0.25) is 0 Å². The molecule has 0 spiro atoms. The van der Waals surface area contributed by atoms with Crippen LogP contribution in [0.15, 0.2) is 46.9 Å². The van der Waals surface area contributed by atoms with Gasteiger partial charge in [0.15, 0.2) is 11.5 Å². The fraction of sp³-hybridized carbons (Fsp3) is 0.364. The minimum absolute atomic E-state index is 0.212. The maximum atomic E-state index is 12.6. The Labute approximate surface area is 153 Å². The number of hydrogen-bond donors (Lipinski definition) is 0. The van der Waals surface area contributed by atoms with Crippen molar-refractivity contribution in [3.05, 3.63) is 65.0 Å². The number of para-hydroxylation sites is 2. The van der Waals surface area contributed by atoms with Crippen LogP contribution in [0.1, 0.15) is 41.3 Å². The van der Waals surface area contributed by atoms with Crippen LogP contribution in [0.25, 0.3) is 11.1 Å². The maximum Gasteiger partial charge on any atom is 0.226 e. The molecule has 3 aromatic rings. The quantitative estimate of drug-likeness (QED) is 0.705. The molecule has 4 rings (SSSR count). The largest absolute Gasteiger partial charge is 0.440 e. The Kier molecular flexibility index (Phi) is 4.49. The SMILES string of the molecule is Cc1ccc(CC(=O)N2CCC(c3nc4ccccc4o3)CC2)cc1C.